The molecule has 5 nitrogen and oxygen atoms in total. The third-order valence-electron chi connectivity index (χ3n) is 5.32. The predicted octanol–water partition coefficient (Wildman–Crippen LogP) is 2.71. The summed E-state index contributed by atoms with van der Waals surface area (Å²) < 4.78 is 5.66. The Bertz CT molecular complexity index is 749. The van der Waals surface area contributed by atoms with Gasteiger partial charge in [0.05, 0.1) is 18.4 Å². The highest BCUT2D eigenvalue weighted by Gasteiger charge is 2.28. The fraction of sp³-hybridized carbons (Fsp3) is 0.450. The summed E-state index contributed by atoms with van der Waals surface area (Å²) in [5.74, 6) is 0.693. The zero-order valence-corrected chi connectivity index (χ0v) is 14.6. The topological polar surface area (TPSA) is 57.5 Å². The van der Waals surface area contributed by atoms with Gasteiger partial charge in [-0.05, 0) is 50.4 Å². The van der Waals surface area contributed by atoms with Gasteiger partial charge in [-0.15, -0.1) is 0 Å². The molecule has 25 heavy (non-hydrogen) atoms. The van der Waals surface area contributed by atoms with Gasteiger partial charge in [-0.25, -0.2) is 0 Å². The Labute approximate surface area is 148 Å². The maximum Gasteiger partial charge on any atom is 0.254 e. The van der Waals surface area contributed by atoms with Crippen LogP contribution >= 0.6 is 0 Å². The van der Waals surface area contributed by atoms with Crippen molar-refractivity contribution in [3.63, 3.8) is 0 Å². The Morgan fingerprint density at radius 3 is 3.08 bits per heavy atom. The van der Waals surface area contributed by atoms with E-state index in [1.165, 1.54) is 17.7 Å². The van der Waals surface area contributed by atoms with Crippen molar-refractivity contribution in [2.24, 2.45) is 0 Å². The summed E-state index contributed by atoms with van der Waals surface area (Å²) in [5, 5.41) is 6.44. The van der Waals surface area contributed by atoms with Crippen LogP contribution in [0.15, 0.2) is 41.0 Å². The monoisotopic (exact) mass is 339 g/mol. The highest BCUT2D eigenvalue weighted by atomic mass is 16.3. The number of fused-ring (bicyclic) bond motifs is 1. The van der Waals surface area contributed by atoms with Crippen LogP contribution in [0.5, 0.6) is 0 Å². The average Bonchev–Trinajstić information content (AvgIpc) is 3.34. The van der Waals surface area contributed by atoms with Crippen LogP contribution in [-0.4, -0.2) is 31.1 Å². The molecular weight excluding hydrogens is 314 g/mol. The Morgan fingerprint density at radius 2 is 2.24 bits per heavy atom. The SMILES string of the molecule is CC1Cc2ccccc2N1Cc1occc1C(=O)NCC1CCCN1. The molecule has 1 saturated heterocycles. The normalized spacial score (nSPS) is 22.2. The second-order valence-electron chi connectivity index (χ2n) is 7.07. The standard InChI is InChI=1S/C20H25N3O2/c1-14-11-15-5-2-3-7-18(15)23(14)13-19-17(8-10-25-19)20(24)22-12-16-6-4-9-21-16/h2-3,5,7-8,10,14,16,21H,4,6,9,11-13H2,1H3,(H,22,24). The average molecular weight is 339 g/mol. The Hall–Kier alpha value is -2.27. The van der Waals surface area contributed by atoms with Crippen molar-refractivity contribution >= 4 is 11.6 Å². The van der Waals surface area contributed by atoms with Gasteiger partial charge >= 0.3 is 0 Å². The largest absolute Gasteiger partial charge is 0.467 e. The van der Waals surface area contributed by atoms with Crippen LogP contribution in [-0.2, 0) is 13.0 Å². The second-order valence-corrected chi connectivity index (χ2v) is 7.07. The fourth-order valence-electron chi connectivity index (χ4n) is 3.93. The first-order valence-corrected chi connectivity index (χ1v) is 9.15. The number of hydrogen-bond donors (Lipinski definition) is 2. The summed E-state index contributed by atoms with van der Waals surface area (Å²) >= 11 is 0. The zero-order chi connectivity index (χ0) is 17.2. The molecule has 0 saturated carbocycles. The van der Waals surface area contributed by atoms with E-state index in [1.807, 2.05) is 0 Å². The lowest BCUT2D eigenvalue weighted by Crippen LogP contribution is -2.37. The quantitative estimate of drug-likeness (QED) is 0.879. The van der Waals surface area contributed by atoms with E-state index in [9.17, 15) is 4.79 Å². The lowest BCUT2D eigenvalue weighted by Gasteiger charge is -2.24. The van der Waals surface area contributed by atoms with Gasteiger partial charge in [0, 0.05) is 24.3 Å². The van der Waals surface area contributed by atoms with E-state index in [1.54, 1.807) is 12.3 Å². The van der Waals surface area contributed by atoms with Crippen molar-refractivity contribution < 1.29 is 9.21 Å². The van der Waals surface area contributed by atoms with Gasteiger partial charge in [-0.3, -0.25) is 4.79 Å². The number of carbonyl (C=O) groups excluding carboxylic acids is 1. The summed E-state index contributed by atoms with van der Waals surface area (Å²) in [7, 11) is 0. The molecule has 4 rings (SSSR count). The summed E-state index contributed by atoms with van der Waals surface area (Å²) in [6, 6.07) is 11.0. The van der Waals surface area contributed by atoms with Gasteiger partial charge in [0.2, 0.25) is 0 Å². The summed E-state index contributed by atoms with van der Waals surface area (Å²) in [5.41, 5.74) is 3.25. The van der Waals surface area contributed by atoms with Gasteiger partial charge in [-0.2, -0.15) is 0 Å². The molecule has 2 aromatic rings. The molecule has 2 N–H and O–H groups in total. The smallest absolute Gasteiger partial charge is 0.254 e. The van der Waals surface area contributed by atoms with Crippen LogP contribution in [0.25, 0.3) is 0 Å². The minimum atomic E-state index is -0.0439. The summed E-state index contributed by atoms with van der Waals surface area (Å²) in [4.78, 5) is 14.9. The van der Waals surface area contributed by atoms with Gasteiger partial charge in [0.25, 0.3) is 5.91 Å². The molecule has 132 valence electrons. The Morgan fingerprint density at radius 1 is 1.36 bits per heavy atom. The van der Waals surface area contributed by atoms with Crippen LogP contribution in [0.4, 0.5) is 5.69 Å². The molecule has 2 atom stereocenters. The number of para-hydroxylation sites is 1. The third-order valence-corrected chi connectivity index (χ3v) is 5.32. The number of furan rings is 1. The highest BCUT2D eigenvalue weighted by molar-refractivity contribution is 5.95. The molecule has 0 bridgehead atoms. The number of nitrogens with one attached hydrogen (secondary N) is 2. The minimum Gasteiger partial charge on any atom is -0.467 e. The molecule has 0 spiro atoms. The van der Waals surface area contributed by atoms with Crippen LogP contribution in [0, 0.1) is 0 Å². The predicted molar refractivity (Wildman–Crippen MR) is 97.9 cm³/mol. The fourth-order valence-corrected chi connectivity index (χ4v) is 3.93. The van der Waals surface area contributed by atoms with Crippen LogP contribution in [0.3, 0.4) is 0 Å². The molecule has 1 aromatic carbocycles. The first kappa shape index (κ1) is 16.2. The molecule has 1 fully saturated rings. The van der Waals surface area contributed by atoms with Gasteiger partial charge in [-0.1, -0.05) is 18.2 Å². The molecule has 1 amide bonds. The Kier molecular flexibility index (Phi) is 4.49. The maximum absolute atomic E-state index is 12.6. The third kappa shape index (κ3) is 3.29. The van der Waals surface area contributed by atoms with E-state index >= 15 is 0 Å². The van der Waals surface area contributed by atoms with E-state index in [-0.39, 0.29) is 5.91 Å². The number of rotatable bonds is 5. The van der Waals surface area contributed by atoms with Gasteiger partial charge in [0.15, 0.2) is 0 Å². The van der Waals surface area contributed by atoms with Crippen LogP contribution < -0.4 is 15.5 Å². The number of anilines is 1. The number of nitrogens with zero attached hydrogens (tertiary/aromatic N) is 1. The molecule has 0 aliphatic carbocycles. The lowest BCUT2D eigenvalue weighted by molar-refractivity contribution is 0.0948. The maximum atomic E-state index is 12.6. The lowest BCUT2D eigenvalue weighted by atomic mass is 10.1. The van der Waals surface area contributed by atoms with Crippen LogP contribution in [0.1, 0.15) is 41.4 Å². The molecule has 3 heterocycles. The van der Waals surface area contributed by atoms with E-state index < -0.39 is 0 Å². The van der Waals surface area contributed by atoms with Crippen molar-refractivity contribution in [2.75, 3.05) is 18.0 Å². The van der Waals surface area contributed by atoms with Gasteiger partial charge < -0.3 is 20.0 Å². The van der Waals surface area contributed by atoms with E-state index in [2.05, 4.69) is 46.7 Å². The van der Waals surface area contributed by atoms with Crippen molar-refractivity contribution in [3.05, 3.63) is 53.5 Å². The Balaban J connectivity index is 1.45. The molecule has 2 aliphatic heterocycles. The second kappa shape index (κ2) is 6.92. The van der Waals surface area contributed by atoms with Crippen molar-refractivity contribution in [1.82, 2.24) is 10.6 Å². The summed E-state index contributed by atoms with van der Waals surface area (Å²) in [6.45, 7) is 4.56. The molecule has 1 aromatic heterocycles. The van der Waals surface area contributed by atoms with Crippen molar-refractivity contribution in [2.45, 2.75) is 44.8 Å². The zero-order valence-electron chi connectivity index (χ0n) is 14.6. The number of amides is 1. The highest BCUT2D eigenvalue weighted by Crippen LogP contribution is 2.33. The minimum absolute atomic E-state index is 0.0439. The molecule has 2 unspecified atom stereocenters. The molecule has 0 radical (unpaired) electrons. The summed E-state index contributed by atoms with van der Waals surface area (Å²) in [6.07, 6.45) is 4.96. The van der Waals surface area contributed by atoms with E-state index in [0.29, 0.717) is 30.7 Å². The number of hydrogen-bond acceptors (Lipinski definition) is 4. The van der Waals surface area contributed by atoms with E-state index in [4.69, 9.17) is 4.42 Å². The first-order chi connectivity index (χ1) is 12.2. The molecule has 5 heteroatoms. The van der Waals surface area contributed by atoms with Crippen molar-refractivity contribution in [1.29, 1.82) is 0 Å². The van der Waals surface area contributed by atoms with Crippen molar-refractivity contribution in [3.8, 4) is 0 Å². The van der Waals surface area contributed by atoms with Gasteiger partial charge in [0.1, 0.15) is 5.76 Å². The number of benzene rings is 1. The molecule has 2 aliphatic rings. The first-order valence-electron chi connectivity index (χ1n) is 9.15. The van der Waals surface area contributed by atoms with Crippen LogP contribution in [0.2, 0.25) is 0 Å². The van der Waals surface area contributed by atoms with E-state index in [0.717, 1.165) is 25.1 Å². The number of carbonyl (C=O) groups is 1. The molecular formula is C20H25N3O2.